The zero-order valence-corrected chi connectivity index (χ0v) is 13.4. The Morgan fingerprint density at radius 1 is 1.00 bits per heavy atom. The third-order valence-electron chi connectivity index (χ3n) is 3.67. The Balaban J connectivity index is 2.12. The topological polar surface area (TPSA) is 47.5 Å². The quantitative estimate of drug-likeness (QED) is 0.730. The molecule has 0 amide bonds. The van der Waals surface area contributed by atoms with Crippen molar-refractivity contribution >= 4 is 22.5 Å². The molecule has 0 saturated heterocycles. The molecule has 7 heteroatoms. The maximum absolute atomic E-state index is 14.6. The van der Waals surface area contributed by atoms with E-state index in [0.717, 1.165) is 5.52 Å². The molecule has 1 aromatic heterocycles. The normalized spacial score (nSPS) is 10.7. The van der Waals surface area contributed by atoms with Gasteiger partial charge < -0.3 is 14.4 Å². The SMILES string of the molecule is COc1cc(N(C)c2cnc3ccccc3n2)c(F)c(OC)c1F. The van der Waals surface area contributed by atoms with Gasteiger partial charge in [0.05, 0.1) is 37.1 Å². The summed E-state index contributed by atoms with van der Waals surface area (Å²) in [4.78, 5) is 10.2. The number of ether oxygens (including phenoxy) is 2. The molecule has 0 atom stereocenters. The smallest absolute Gasteiger partial charge is 0.210 e. The molecule has 0 radical (unpaired) electrons. The maximum Gasteiger partial charge on any atom is 0.210 e. The molecule has 3 rings (SSSR count). The molecule has 0 aliphatic rings. The molecule has 24 heavy (non-hydrogen) atoms. The molecule has 1 heterocycles. The lowest BCUT2D eigenvalue weighted by Gasteiger charge is -2.21. The number of aromatic nitrogens is 2. The number of hydrogen-bond donors (Lipinski definition) is 0. The highest BCUT2D eigenvalue weighted by molar-refractivity contribution is 5.76. The number of methoxy groups -OCH3 is 2. The van der Waals surface area contributed by atoms with Crippen LogP contribution >= 0.6 is 0 Å². The Morgan fingerprint density at radius 2 is 1.71 bits per heavy atom. The summed E-state index contributed by atoms with van der Waals surface area (Å²) in [6, 6.07) is 8.59. The highest BCUT2D eigenvalue weighted by atomic mass is 19.1. The van der Waals surface area contributed by atoms with Crippen molar-refractivity contribution in [3.05, 3.63) is 48.2 Å². The van der Waals surface area contributed by atoms with E-state index in [1.54, 1.807) is 7.05 Å². The molecule has 2 aromatic carbocycles. The number of hydrogen-bond acceptors (Lipinski definition) is 5. The minimum absolute atomic E-state index is 0.0645. The number of rotatable bonds is 4. The van der Waals surface area contributed by atoms with Crippen LogP contribution in [0.1, 0.15) is 0 Å². The van der Waals surface area contributed by atoms with Gasteiger partial charge in [-0.05, 0) is 12.1 Å². The molecular formula is C17H15F2N3O2. The van der Waals surface area contributed by atoms with E-state index >= 15 is 0 Å². The van der Waals surface area contributed by atoms with Gasteiger partial charge in [-0.1, -0.05) is 12.1 Å². The van der Waals surface area contributed by atoms with Crippen molar-refractivity contribution in [1.82, 2.24) is 9.97 Å². The van der Waals surface area contributed by atoms with Crippen molar-refractivity contribution in [2.24, 2.45) is 0 Å². The summed E-state index contributed by atoms with van der Waals surface area (Å²) in [5, 5.41) is 0. The summed E-state index contributed by atoms with van der Waals surface area (Å²) < 4.78 is 38.4. The van der Waals surface area contributed by atoms with Crippen LogP contribution in [-0.2, 0) is 0 Å². The van der Waals surface area contributed by atoms with E-state index in [4.69, 9.17) is 9.47 Å². The van der Waals surface area contributed by atoms with Crippen LogP contribution in [0.3, 0.4) is 0 Å². The van der Waals surface area contributed by atoms with E-state index in [1.165, 1.54) is 31.4 Å². The van der Waals surface area contributed by atoms with Gasteiger partial charge in [-0.25, -0.2) is 9.37 Å². The summed E-state index contributed by atoms with van der Waals surface area (Å²) in [5.41, 5.74) is 1.46. The van der Waals surface area contributed by atoms with Gasteiger partial charge in [0.15, 0.2) is 23.1 Å². The van der Waals surface area contributed by atoms with Crippen LogP contribution < -0.4 is 14.4 Å². The van der Waals surface area contributed by atoms with Gasteiger partial charge in [0, 0.05) is 13.1 Å². The van der Waals surface area contributed by atoms with E-state index in [2.05, 4.69) is 9.97 Å². The highest BCUT2D eigenvalue weighted by Gasteiger charge is 2.23. The van der Waals surface area contributed by atoms with Crippen LogP contribution in [0.25, 0.3) is 11.0 Å². The Labute approximate surface area is 137 Å². The van der Waals surface area contributed by atoms with Crippen LogP contribution in [0.5, 0.6) is 11.5 Å². The van der Waals surface area contributed by atoms with Crippen molar-refractivity contribution < 1.29 is 18.3 Å². The molecule has 124 valence electrons. The minimum atomic E-state index is -0.890. The number of para-hydroxylation sites is 2. The lowest BCUT2D eigenvalue weighted by atomic mass is 10.2. The fourth-order valence-corrected chi connectivity index (χ4v) is 2.38. The van der Waals surface area contributed by atoms with E-state index in [0.29, 0.717) is 11.3 Å². The minimum Gasteiger partial charge on any atom is -0.493 e. The summed E-state index contributed by atoms with van der Waals surface area (Å²) in [6.45, 7) is 0. The van der Waals surface area contributed by atoms with Gasteiger partial charge in [-0.2, -0.15) is 4.39 Å². The largest absolute Gasteiger partial charge is 0.493 e. The molecule has 0 aliphatic carbocycles. The van der Waals surface area contributed by atoms with Gasteiger partial charge in [0.25, 0.3) is 0 Å². The van der Waals surface area contributed by atoms with E-state index in [-0.39, 0.29) is 11.4 Å². The van der Waals surface area contributed by atoms with Gasteiger partial charge in [-0.3, -0.25) is 4.98 Å². The Hall–Kier alpha value is -2.96. The standard InChI is InChI=1S/C17H15F2N3O2/c1-22(14-9-20-10-6-4-5-7-11(10)21-14)12-8-13(23-2)16(19)17(24-3)15(12)18/h4-9H,1-3H3. The zero-order chi connectivity index (χ0) is 17.3. The maximum atomic E-state index is 14.6. The summed E-state index contributed by atoms with van der Waals surface area (Å²) in [6.07, 6.45) is 1.52. The van der Waals surface area contributed by atoms with Crippen LogP contribution in [-0.4, -0.2) is 31.2 Å². The van der Waals surface area contributed by atoms with Crippen molar-refractivity contribution in [1.29, 1.82) is 0 Å². The van der Waals surface area contributed by atoms with Gasteiger partial charge in [0.2, 0.25) is 5.82 Å². The van der Waals surface area contributed by atoms with Crippen molar-refractivity contribution in [2.45, 2.75) is 0 Å². The average molecular weight is 331 g/mol. The first-order valence-electron chi connectivity index (χ1n) is 7.12. The second-order valence-corrected chi connectivity index (χ2v) is 5.04. The highest BCUT2D eigenvalue weighted by Crippen LogP contribution is 2.38. The monoisotopic (exact) mass is 331 g/mol. The van der Waals surface area contributed by atoms with Crippen molar-refractivity contribution in [2.75, 3.05) is 26.2 Å². The molecule has 5 nitrogen and oxygen atoms in total. The van der Waals surface area contributed by atoms with Crippen LogP contribution in [0.4, 0.5) is 20.3 Å². The molecule has 0 unspecified atom stereocenters. The van der Waals surface area contributed by atoms with Crippen LogP contribution in [0.2, 0.25) is 0 Å². The molecule has 3 aromatic rings. The second-order valence-electron chi connectivity index (χ2n) is 5.04. The molecule has 0 fully saturated rings. The Morgan fingerprint density at radius 3 is 2.38 bits per heavy atom. The molecule has 0 aliphatic heterocycles. The third-order valence-corrected chi connectivity index (χ3v) is 3.67. The number of fused-ring (bicyclic) bond motifs is 1. The molecule has 0 saturated carbocycles. The predicted octanol–water partition coefficient (Wildman–Crippen LogP) is 3.69. The molecular weight excluding hydrogens is 316 g/mol. The Kier molecular flexibility index (Phi) is 4.16. The van der Waals surface area contributed by atoms with E-state index < -0.39 is 17.4 Å². The molecule has 0 bridgehead atoms. The summed E-state index contributed by atoms with van der Waals surface area (Å²) in [5.74, 6) is -1.95. The second kappa shape index (κ2) is 6.27. The van der Waals surface area contributed by atoms with E-state index in [9.17, 15) is 8.78 Å². The predicted molar refractivity (Wildman–Crippen MR) is 87.1 cm³/mol. The van der Waals surface area contributed by atoms with Crippen molar-refractivity contribution in [3.8, 4) is 11.5 Å². The molecule has 0 N–H and O–H groups in total. The first-order chi connectivity index (χ1) is 11.6. The van der Waals surface area contributed by atoms with E-state index in [1.807, 2.05) is 24.3 Å². The Bertz CT molecular complexity index is 902. The summed E-state index contributed by atoms with van der Waals surface area (Å²) in [7, 11) is 4.10. The number of anilines is 2. The fourth-order valence-electron chi connectivity index (χ4n) is 2.38. The fraction of sp³-hybridized carbons (Fsp3) is 0.176. The zero-order valence-electron chi connectivity index (χ0n) is 13.4. The van der Waals surface area contributed by atoms with Crippen LogP contribution in [0.15, 0.2) is 36.5 Å². The first-order valence-corrected chi connectivity index (χ1v) is 7.12. The number of halogens is 2. The average Bonchev–Trinajstić information content (AvgIpc) is 2.61. The van der Waals surface area contributed by atoms with Crippen molar-refractivity contribution in [3.63, 3.8) is 0 Å². The van der Waals surface area contributed by atoms with Gasteiger partial charge in [0.1, 0.15) is 0 Å². The van der Waals surface area contributed by atoms with Crippen LogP contribution in [0, 0.1) is 11.6 Å². The first kappa shape index (κ1) is 15.9. The summed E-state index contributed by atoms with van der Waals surface area (Å²) >= 11 is 0. The van der Waals surface area contributed by atoms with Gasteiger partial charge >= 0.3 is 0 Å². The lowest BCUT2D eigenvalue weighted by Crippen LogP contribution is -2.14. The van der Waals surface area contributed by atoms with Gasteiger partial charge in [-0.15, -0.1) is 0 Å². The third kappa shape index (κ3) is 2.58. The molecule has 0 spiro atoms. The number of benzene rings is 2. The number of nitrogens with zero attached hydrogens (tertiary/aromatic N) is 3. The lowest BCUT2D eigenvalue weighted by molar-refractivity contribution is 0.334.